The first kappa shape index (κ1) is 25.6. The van der Waals surface area contributed by atoms with Crippen LogP contribution < -0.4 is 15.4 Å². The van der Waals surface area contributed by atoms with E-state index in [1.165, 1.54) is 8.61 Å². The maximum Gasteiger partial charge on any atom is 0.417 e. The van der Waals surface area contributed by atoms with Crippen molar-refractivity contribution in [3.8, 4) is 0 Å². The number of nitrogens with two attached hydrogens (primary N) is 1. The predicted octanol–water partition coefficient (Wildman–Crippen LogP) is 3.24. The number of hydrogen-bond donors (Lipinski definition) is 4. The quantitative estimate of drug-likeness (QED) is 0.459. The molecule has 0 aromatic carbocycles. The van der Waals surface area contributed by atoms with Gasteiger partial charge in [0.15, 0.2) is 0 Å². The van der Waals surface area contributed by atoms with Crippen molar-refractivity contribution >= 4 is 28.6 Å². The highest BCUT2D eigenvalue weighted by molar-refractivity contribution is 8.23. The fraction of sp³-hybridized carbons (Fsp3) is 0.696. The van der Waals surface area contributed by atoms with Gasteiger partial charge in [-0.25, -0.2) is 9.29 Å². The summed E-state index contributed by atoms with van der Waals surface area (Å²) in [5.41, 5.74) is 4.34. The molecule has 0 radical (unpaired) electrons. The van der Waals surface area contributed by atoms with Crippen LogP contribution in [-0.4, -0.2) is 55.9 Å². The number of pyridine rings is 1. The number of halogens is 3. The molecule has 200 valence electrons. The fourth-order valence-corrected chi connectivity index (χ4v) is 8.89. The van der Waals surface area contributed by atoms with Crippen molar-refractivity contribution in [3.63, 3.8) is 0 Å². The van der Waals surface area contributed by atoms with Gasteiger partial charge in [0.2, 0.25) is 11.8 Å². The van der Waals surface area contributed by atoms with Gasteiger partial charge in [-0.2, -0.15) is 17.5 Å². The number of nitrogens with zero attached hydrogens (tertiary/aromatic N) is 3. The van der Waals surface area contributed by atoms with Gasteiger partial charge >= 0.3 is 6.18 Å². The van der Waals surface area contributed by atoms with E-state index in [-0.39, 0.29) is 61.1 Å². The first-order valence-corrected chi connectivity index (χ1v) is 13.7. The molecule has 6 rings (SSSR count). The summed E-state index contributed by atoms with van der Waals surface area (Å²) in [6.07, 6.45) is 0.164. The second kappa shape index (κ2) is 8.74. The van der Waals surface area contributed by atoms with Crippen LogP contribution in [0, 0.1) is 29.1 Å². The summed E-state index contributed by atoms with van der Waals surface area (Å²) in [4.78, 5) is 29.1. The number of carbonyl (C=O) groups excluding carboxylic acids is 2. The third-order valence-corrected chi connectivity index (χ3v) is 10.3. The van der Waals surface area contributed by atoms with Crippen LogP contribution in [0.2, 0.25) is 0 Å². The molecule has 9 nitrogen and oxygen atoms in total. The second-order valence-corrected chi connectivity index (χ2v) is 13.0. The van der Waals surface area contributed by atoms with Crippen molar-refractivity contribution in [2.75, 3.05) is 23.9 Å². The number of hydrogen-bond acceptors (Lipinski definition) is 7. The molecule has 5 N–H and O–H groups in total. The number of amides is 2. The lowest BCUT2D eigenvalue weighted by atomic mass is 9.47. The Hall–Kier alpha value is -2.09. The summed E-state index contributed by atoms with van der Waals surface area (Å²) in [7, 11) is -3.68. The summed E-state index contributed by atoms with van der Waals surface area (Å²) in [5, 5.41) is 3.10. The monoisotopic (exact) mass is 531 g/mol. The highest BCUT2D eigenvalue weighted by Gasteiger charge is 2.58. The number of anilines is 1. The van der Waals surface area contributed by atoms with Crippen molar-refractivity contribution in [1.82, 2.24) is 14.6 Å². The molecule has 13 heteroatoms. The minimum absolute atomic E-state index is 0.00209. The van der Waals surface area contributed by atoms with Gasteiger partial charge in [0, 0.05) is 30.7 Å². The number of nitrogens with one attached hydrogen (secondary N) is 1. The minimum atomic E-state index is -4.55. The number of rotatable bonds is 5. The first-order valence-electron chi connectivity index (χ1n) is 12.2. The van der Waals surface area contributed by atoms with Gasteiger partial charge in [-0.3, -0.25) is 18.7 Å². The predicted molar refractivity (Wildman–Crippen MR) is 127 cm³/mol. The number of aromatic nitrogens is 1. The lowest BCUT2D eigenvalue weighted by Gasteiger charge is -2.59. The molecule has 5 fully saturated rings. The van der Waals surface area contributed by atoms with Crippen molar-refractivity contribution < 1.29 is 31.9 Å². The molecule has 36 heavy (non-hydrogen) atoms. The molecular formula is C23H32F3N5O4S. The van der Waals surface area contributed by atoms with Crippen LogP contribution >= 0.6 is 11.0 Å². The lowest BCUT2D eigenvalue weighted by Crippen LogP contribution is -2.63. The van der Waals surface area contributed by atoms with E-state index in [0.717, 1.165) is 31.4 Å². The van der Waals surface area contributed by atoms with E-state index in [9.17, 15) is 31.9 Å². The minimum Gasteiger partial charge on any atom is -0.369 e. The molecule has 5 aliphatic rings. The van der Waals surface area contributed by atoms with Gasteiger partial charge < -0.3 is 11.1 Å². The van der Waals surface area contributed by atoms with Gasteiger partial charge in [-0.05, 0) is 78.9 Å². The topological polar surface area (TPSA) is 132 Å². The van der Waals surface area contributed by atoms with E-state index in [1.54, 1.807) is 0 Å². The SMILES string of the molecule is CC1CN(CC(=O)NC2C3CC4CC2CC(C(N)=O)(C4)C3)S(O)(O)N(c2ccc(C(F)(F)F)cn2)C1. The average Bonchev–Trinajstić information content (AvgIpc) is 2.77. The molecule has 3 unspecified atom stereocenters. The van der Waals surface area contributed by atoms with Crippen molar-refractivity contribution in [1.29, 1.82) is 0 Å². The highest BCUT2D eigenvalue weighted by Crippen LogP contribution is 2.60. The normalized spacial score (nSPS) is 36.5. The number of carbonyl (C=O) groups is 2. The van der Waals surface area contributed by atoms with Crippen LogP contribution in [0.1, 0.15) is 44.6 Å². The molecule has 4 saturated carbocycles. The van der Waals surface area contributed by atoms with Crippen LogP contribution in [-0.2, 0) is 15.8 Å². The first-order chi connectivity index (χ1) is 16.8. The molecule has 4 aliphatic carbocycles. The summed E-state index contributed by atoms with van der Waals surface area (Å²) in [5.74, 6) is 0.0799. The summed E-state index contributed by atoms with van der Waals surface area (Å²) >= 11 is 0. The molecule has 0 spiro atoms. The van der Waals surface area contributed by atoms with E-state index in [0.29, 0.717) is 25.0 Å². The van der Waals surface area contributed by atoms with E-state index in [2.05, 4.69) is 10.3 Å². The second-order valence-electron chi connectivity index (χ2n) is 11.1. The Morgan fingerprint density at radius 3 is 2.42 bits per heavy atom. The third-order valence-electron chi connectivity index (χ3n) is 8.41. The van der Waals surface area contributed by atoms with Crippen molar-refractivity contribution in [3.05, 3.63) is 23.9 Å². The van der Waals surface area contributed by atoms with E-state index in [4.69, 9.17) is 5.73 Å². The summed E-state index contributed by atoms with van der Waals surface area (Å²) in [6.45, 7) is 1.99. The zero-order valence-corrected chi connectivity index (χ0v) is 20.8. The van der Waals surface area contributed by atoms with Crippen LogP contribution in [0.25, 0.3) is 0 Å². The standard InChI is InChI=1S/C23H32F3N5O4S/c1-13-10-30(36(34,35)31(11-13)18-3-2-17(9-28-18)23(24,25)26)12-19(32)29-20-15-4-14-5-16(20)8-22(6-14,7-15)21(27)33/h2-3,9,13-16,20,34-35H,4-8,10-12H2,1H3,(H2,27,33)(H,29,32). The van der Waals surface area contributed by atoms with Gasteiger partial charge in [-0.15, -0.1) is 0 Å². The van der Waals surface area contributed by atoms with Crippen LogP contribution in [0.4, 0.5) is 19.0 Å². The molecule has 1 saturated heterocycles. The van der Waals surface area contributed by atoms with Crippen LogP contribution in [0.3, 0.4) is 0 Å². The van der Waals surface area contributed by atoms with Crippen LogP contribution in [0.5, 0.6) is 0 Å². The van der Waals surface area contributed by atoms with Gasteiger partial charge in [0.1, 0.15) is 5.82 Å². The smallest absolute Gasteiger partial charge is 0.369 e. The average molecular weight is 532 g/mol. The Morgan fingerprint density at radius 1 is 1.19 bits per heavy atom. The fourth-order valence-electron chi connectivity index (χ4n) is 7.05. The number of primary amides is 1. The van der Waals surface area contributed by atoms with Gasteiger partial charge in [0.25, 0.3) is 0 Å². The molecule has 2 heterocycles. The maximum absolute atomic E-state index is 13.1. The Bertz CT molecular complexity index is 1020. The van der Waals surface area contributed by atoms with Crippen LogP contribution in [0.15, 0.2) is 18.3 Å². The molecule has 1 aromatic rings. The molecular weight excluding hydrogens is 499 g/mol. The lowest BCUT2D eigenvalue weighted by molar-refractivity contribution is -0.147. The summed E-state index contributed by atoms with van der Waals surface area (Å²) < 4.78 is 63.3. The molecule has 2 amide bonds. The molecule has 1 aliphatic heterocycles. The zero-order chi connectivity index (χ0) is 26.0. The highest BCUT2D eigenvalue weighted by atomic mass is 32.3. The number of alkyl halides is 3. The Kier molecular flexibility index (Phi) is 6.21. The Morgan fingerprint density at radius 2 is 1.86 bits per heavy atom. The largest absolute Gasteiger partial charge is 0.417 e. The summed E-state index contributed by atoms with van der Waals surface area (Å²) in [6, 6.07) is 1.87. The van der Waals surface area contributed by atoms with Gasteiger partial charge in [0.05, 0.1) is 12.1 Å². The zero-order valence-electron chi connectivity index (χ0n) is 19.9. The van der Waals surface area contributed by atoms with Crippen molar-refractivity contribution in [2.45, 2.75) is 51.2 Å². The Labute approximate surface area is 209 Å². The van der Waals surface area contributed by atoms with E-state index < -0.39 is 28.1 Å². The molecule has 3 atom stereocenters. The Balaban J connectivity index is 1.27. The van der Waals surface area contributed by atoms with E-state index in [1.807, 2.05) is 6.92 Å². The van der Waals surface area contributed by atoms with Crippen molar-refractivity contribution in [2.24, 2.45) is 34.8 Å². The third kappa shape index (κ3) is 4.44. The van der Waals surface area contributed by atoms with E-state index >= 15 is 0 Å². The molecule has 4 bridgehead atoms. The molecule has 1 aromatic heterocycles. The van der Waals surface area contributed by atoms with Gasteiger partial charge in [-0.1, -0.05) is 6.92 Å². The maximum atomic E-state index is 13.1.